The summed E-state index contributed by atoms with van der Waals surface area (Å²) in [6.45, 7) is 3.78. The lowest BCUT2D eigenvalue weighted by atomic mass is 10.1. The number of carbonyl (C=O) groups excluding carboxylic acids is 2. The molecular formula is C24H23N5O4. The van der Waals surface area contributed by atoms with Gasteiger partial charge in [-0.2, -0.15) is 10.2 Å². The molecule has 9 nitrogen and oxygen atoms in total. The summed E-state index contributed by atoms with van der Waals surface area (Å²) in [7, 11) is 1.28. The summed E-state index contributed by atoms with van der Waals surface area (Å²) in [4.78, 5) is 37.5. The molecule has 9 heteroatoms. The minimum Gasteiger partial charge on any atom is -0.465 e. The Morgan fingerprint density at radius 1 is 1.00 bits per heavy atom. The van der Waals surface area contributed by atoms with Crippen molar-refractivity contribution in [1.29, 1.82) is 0 Å². The number of benzene rings is 2. The van der Waals surface area contributed by atoms with Crippen LogP contribution < -0.4 is 10.9 Å². The fourth-order valence-corrected chi connectivity index (χ4v) is 3.76. The molecule has 4 rings (SSSR count). The van der Waals surface area contributed by atoms with Crippen LogP contribution >= 0.6 is 0 Å². The van der Waals surface area contributed by atoms with E-state index in [0.29, 0.717) is 22.3 Å². The summed E-state index contributed by atoms with van der Waals surface area (Å²) in [6, 6.07) is 16.1. The molecule has 0 saturated heterocycles. The van der Waals surface area contributed by atoms with Crippen LogP contribution in [0.25, 0.3) is 16.6 Å². The molecule has 0 unspecified atom stereocenters. The Morgan fingerprint density at radius 2 is 1.70 bits per heavy atom. The molecule has 0 saturated carbocycles. The largest absolute Gasteiger partial charge is 0.465 e. The quantitative estimate of drug-likeness (QED) is 0.457. The maximum Gasteiger partial charge on any atom is 0.339 e. The fourth-order valence-electron chi connectivity index (χ4n) is 3.76. The SMILES string of the molecule is COC(=O)c1ccccc1NC(=O)CCn1nc(C)c2c(C)n(-c3ccccc3)nc2c1=O. The second-order valence-electron chi connectivity index (χ2n) is 7.51. The molecule has 0 fully saturated rings. The van der Waals surface area contributed by atoms with Crippen LogP contribution in [0.15, 0.2) is 59.4 Å². The van der Waals surface area contributed by atoms with Gasteiger partial charge in [-0.15, -0.1) is 0 Å². The minimum absolute atomic E-state index is 0.00820. The molecule has 0 spiro atoms. The van der Waals surface area contributed by atoms with Gasteiger partial charge >= 0.3 is 5.97 Å². The average molecular weight is 445 g/mol. The third kappa shape index (κ3) is 4.25. The van der Waals surface area contributed by atoms with Crippen molar-refractivity contribution in [2.75, 3.05) is 12.4 Å². The van der Waals surface area contributed by atoms with Crippen LogP contribution in [-0.4, -0.2) is 38.5 Å². The number of amides is 1. The van der Waals surface area contributed by atoms with Crippen LogP contribution in [0.3, 0.4) is 0 Å². The van der Waals surface area contributed by atoms with Crippen LogP contribution in [0.2, 0.25) is 0 Å². The van der Waals surface area contributed by atoms with Gasteiger partial charge in [0.25, 0.3) is 5.56 Å². The minimum atomic E-state index is -0.547. The number of anilines is 1. The maximum atomic E-state index is 13.1. The van der Waals surface area contributed by atoms with Crippen LogP contribution in [0.4, 0.5) is 5.69 Å². The zero-order valence-corrected chi connectivity index (χ0v) is 18.5. The van der Waals surface area contributed by atoms with Gasteiger partial charge < -0.3 is 10.1 Å². The molecule has 0 aliphatic rings. The number of hydrogen-bond donors (Lipinski definition) is 1. The number of carbonyl (C=O) groups is 2. The van der Waals surface area contributed by atoms with Crippen LogP contribution in [-0.2, 0) is 16.1 Å². The first kappa shape index (κ1) is 21.9. The van der Waals surface area contributed by atoms with E-state index in [2.05, 4.69) is 15.5 Å². The van der Waals surface area contributed by atoms with Gasteiger partial charge in [-0.05, 0) is 38.1 Å². The van der Waals surface area contributed by atoms with Crippen LogP contribution in [0.1, 0.15) is 28.2 Å². The average Bonchev–Trinajstić information content (AvgIpc) is 3.19. The number of hydrogen-bond acceptors (Lipinski definition) is 6. The molecule has 0 aliphatic carbocycles. The van der Waals surface area contributed by atoms with E-state index >= 15 is 0 Å². The van der Waals surface area contributed by atoms with Crippen LogP contribution in [0, 0.1) is 13.8 Å². The topological polar surface area (TPSA) is 108 Å². The maximum absolute atomic E-state index is 13.1. The lowest BCUT2D eigenvalue weighted by Crippen LogP contribution is -2.27. The molecule has 0 atom stereocenters. The van der Waals surface area contributed by atoms with E-state index in [1.54, 1.807) is 28.9 Å². The number of rotatable bonds is 6. The summed E-state index contributed by atoms with van der Waals surface area (Å²) in [5.41, 5.74) is 2.86. The molecule has 1 amide bonds. The van der Waals surface area contributed by atoms with Crippen molar-refractivity contribution in [3.63, 3.8) is 0 Å². The van der Waals surface area contributed by atoms with Gasteiger partial charge in [0.2, 0.25) is 5.91 Å². The molecule has 0 radical (unpaired) electrons. The normalized spacial score (nSPS) is 10.9. The Kier molecular flexibility index (Phi) is 6.03. The first-order valence-corrected chi connectivity index (χ1v) is 10.4. The van der Waals surface area contributed by atoms with E-state index in [9.17, 15) is 14.4 Å². The van der Waals surface area contributed by atoms with Gasteiger partial charge in [-0.25, -0.2) is 14.2 Å². The predicted molar refractivity (Wildman–Crippen MR) is 124 cm³/mol. The Bertz CT molecular complexity index is 1410. The highest BCUT2D eigenvalue weighted by molar-refractivity contribution is 6.01. The molecule has 0 aliphatic heterocycles. The van der Waals surface area contributed by atoms with Crippen molar-refractivity contribution in [3.05, 3.63) is 81.9 Å². The molecule has 0 bridgehead atoms. The number of aryl methyl sites for hydroxylation is 3. The fraction of sp³-hybridized carbons (Fsp3) is 0.208. The number of methoxy groups -OCH3 is 1. The number of ether oxygens (including phenoxy) is 1. The second kappa shape index (κ2) is 9.07. The molecule has 1 N–H and O–H groups in total. The van der Waals surface area contributed by atoms with Gasteiger partial charge in [0.15, 0.2) is 5.52 Å². The monoisotopic (exact) mass is 445 g/mol. The zero-order chi connectivity index (χ0) is 23.5. The predicted octanol–water partition coefficient (Wildman–Crippen LogP) is 3.01. The molecule has 168 valence electrons. The molecule has 33 heavy (non-hydrogen) atoms. The number of aromatic nitrogens is 4. The molecule has 4 aromatic rings. The van der Waals surface area contributed by atoms with Gasteiger partial charge in [-0.3, -0.25) is 9.59 Å². The Hall–Kier alpha value is -4.27. The lowest BCUT2D eigenvalue weighted by molar-refractivity contribution is -0.116. The molecule has 2 aromatic carbocycles. The smallest absolute Gasteiger partial charge is 0.339 e. The van der Waals surface area contributed by atoms with Gasteiger partial charge in [0.05, 0.1) is 47.4 Å². The number of para-hydroxylation sites is 2. The highest BCUT2D eigenvalue weighted by Crippen LogP contribution is 2.21. The third-order valence-electron chi connectivity index (χ3n) is 5.34. The first-order chi connectivity index (χ1) is 15.9. The van der Waals surface area contributed by atoms with Crippen molar-refractivity contribution in [3.8, 4) is 5.69 Å². The Labute approximate surface area is 189 Å². The second-order valence-corrected chi connectivity index (χ2v) is 7.51. The number of nitrogens with zero attached hydrogens (tertiary/aromatic N) is 4. The standard InChI is InChI=1S/C24H23N5O4/c1-15-21-16(2)29(17-9-5-4-6-10-17)27-22(21)23(31)28(26-15)14-13-20(30)25-19-12-8-7-11-18(19)24(32)33-3/h4-12H,13-14H2,1-3H3,(H,25,30). The van der Waals surface area contributed by atoms with Crippen LogP contribution in [0.5, 0.6) is 0 Å². The van der Waals surface area contributed by atoms with Gasteiger partial charge in [0, 0.05) is 6.42 Å². The highest BCUT2D eigenvalue weighted by atomic mass is 16.5. The van der Waals surface area contributed by atoms with E-state index in [-0.39, 0.29) is 30.0 Å². The van der Waals surface area contributed by atoms with Crippen molar-refractivity contribution >= 4 is 28.5 Å². The summed E-state index contributed by atoms with van der Waals surface area (Å²) in [5, 5.41) is 12.3. The van der Waals surface area contributed by atoms with Crippen molar-refractivity contribution in [2.24, 2.45) is 0 Å². The zero-order valence-electron chi connectivity index (χ0n) is 18.5. The van der Waals surface area contributed by atoms with E-state index in [4.69, 9.17) is 4.74 Å². The van der Waals surface area contributed by atoms with Gasteiger partial charge in [-0.1, -0.05) is 30.3 Å². The molecular weight excluding hydrogens is 422 g/mol. The third-order valence-corrected chi connectivity index (χ3v) is 5.34. The Balaban J connectivity index is 1.58. The van der Waals surface area contributed by atoms with E-state index in [1.807, 2.05) is 44.2 Å². The highest BCUT2D eigenvalue weighted by Gasteiger charge is 2.18. The molecule has 2 heterocycles. The van der Waals surface area contributed by atoms with Crippen molar-refractivity contribution in [1.82, 2.24) is 19.6 Å². The Morgan fingerprint density at radius 3 is 2.42 bits per heavy atom. The summed E-state index contributed by atoms with van der Waals surface area (Å²) >= 11 is 0. The number of esters is 1. The lowest BCUT2D eigenvalue weighted by Gasteiger charge is -2.10. The van der Waals surface area contributed by atoms with Crippen molar-refractivity contribution < 1.29 is 14.3 Å². The van der Waals surface area contributed by atoms with E-state index in [0.717, 1.165) is 11.4 Å². The van der Waals surface area contributed by atoms with Crippen molar-refractivity contribution in [2.45, 2.75) is 26.8 Å². The molecule has 2 aromatic heterocycles. The van der Waals surface area contributed by atoms with E-state index in [1.165, 1.54) is 11.8 Å². The number of nitrogens with one attached hydrogen (secondary N) is 1. The number of fused-ring (bicyclic) bond motifs is 1. The van der Waals surface area contributed by atoms with E-state index < -0.39 is 5.97 Å². The summed E-state index contributed by atoms with van der Waals surface area (Å²) < 4.78 is 7.73. The summed E-state index contributed by atoms with van der Waals surface area (Å²) in [5.74, 6) is -0.905. The van der Waals surface area contributed by atoms with Gasteiger partial charge in [0.1, 0.15) is 0 Å². The first-order valence-electron chi connectivity index (χ1n) is 10.4. The summed E-state index contributed by atoms with van der Waals surface area (Å²) in [6.07, 6.45) is -0.00820.